The molecule has 1 aromatic carbocycles. The number of benzene rings is 1. The van der Waals surface area contributed by atoms with E-state index in [4.69, 9.17) is 4.84 Å². The van der Waals surface area contributed by atoms with E-state index >= 15 is 0 Å². The molecule has 30 heavy (non-hydrogen) atoms. The first kappa shape index (κ1) is 21.3. The fraction of sp³-hybridized carbons (Fsp3) is 0.250. The molecule has 9 nitrogen and oxygen atoms in total. The number of hydrogen-bond donors (Lipinski definition) is 1. The molecule has 0 spiro atoms. The third-order valence-corrected chi connectivity index (χ3v) is 4.77. The molecule has 156 valence electrons. The number of hydrogen-bond acceptors (Lipinski definition) is 8. The number of carbonyl (C=O) groups is 1. The first-order valence-corrected chi connectivity index (χ1v) is 9.95. The fourth-order valence-electron chi connectivity index (χ4n) is 2.61. The standard InChI is InChI=1S/C20H21N5O4S/c1-20(2,3)29-24(13-26)16-5-4-15(17(10-16)25(27)28)11-22-18-12-30-19(23-18)14-6-8-21-9-7-14/h4-10,12-13,22H,11H2,1-3H3. The van der Waals surface area contributed by atoms with Gasteiger partial charge in [-0.05, 0) is 45.0 Å². The highest BCUT2D eigenvalue weighted by atomic mass is 32.1. The molecule has 1 amide bonds. The van der Waals surface area contributed by atoms with Crippen molar-refractivity contribution in [1.29, 1.82) is 0 Å². The van der Waals surface area contributed by atoms with Crippen molar-refractivity contribution in [2.75, 3.05) is 10.4 Å². The number of rotatable bonds is 8. The summed E-state index contributed by atoms with van der Waals surface area (Å²) in [6, 6.07) is 8.25. The molecule has 2 heterocycles. The van der Waals surface area contributed by atoms with E-state index in [0.717, 1.165) is 15.6 Å². The smallest absolute Gasteiger partial charge is 0.276 e. The lowest BCUT2D eigenvalue weighted by atomic mass is 10.1. The van der Waals surface area contributed by atoms with Gasteiger partial charge in [0.2, 0.25) is 6.41 Å². The molecular weight excluding hydrogens is 406 g/mol. The van der Waals surface area contributed by atoms with Crippen LogP contribution < -0.4 is 10.4 Å². The monoisotopic (exact) mass is 427 g/mol. The minimum atomic E-state index is -0.632. The molecule has 0 aliphatic heterocycles. The molecule has 0 aliphatic carbocycles. The van der Waals surface area contributed by atoms with E-state index in [-0.39, 0.29) is 17.9 Å². The van der Waals surface area contributed by atoms with Crippen molar-refractivity contribution in [2.45, 2.75) is 32.9 Å². The second-order valence-electron chi connectivity index (χ2n) is 7.33. The lowest BCUT2D eigenvalue weighted by Crippen LogP contribution is -2.33. The van der Waals surface area contributed by atoms with Gasteiger partial charge in [0.15, 0.2) is 0 Å². The predicted octanol–water partition coefficient (Wildman–Crippen LogP) is 4.42. The maximum atomic E-state index is 11.6. The van der Waals surface area contributed by atoms with Crippen LogP contribution in [-0.4, -0.2) is 26.9 Å². The third kappa shape index (κ3) is 5.37. The summed E-state index contributed by atoms with van der Waals surface area (Å²) in [5.41, 5.74) is 0.945. The molecule has 10 heteroatoms. The summed E-state index contributed by atoms with van der Waals surface area (Å²) >= 11 is 1.47. The van der Waals surface area contributed by atoms with E-state index in [0.29, 0.717) is 17.8 Å². The molecule has 0 fully saturated rings. The zero-order valence-electron chi connectivity index (χ0n) is 16.7. The summed E-state index contributed by atoms with van der Waals surface area (Å²) in [7, 11) is 0. The van der Waals surface area contributed by atoms with E-state index in [1.165, 1.54) is 17.4 Å². The average Bonchev–Trinajstić information content (AvgIpc) is 3.19. The molecule has 0 radical (unpaired) electrons. The Morgan fingerprint density at radius 2 is 2.00 bits per heavy atom. The van der Waals surface area contributed by atoms with Gasteiger partial charge in [-0.15, -0.1) is 11.3 Å². The van der Waals surface area contributed by atoms with E-state index in [9.17, 15) is 14.9 Å². The first-order chi connectivity index (χ1) is 14.3. The van der Waals surface area contributed by atoms with E-state index in [2.05, 4.69) is 15.3 Å². The molecular formula is C20H21N5O4S. The third-order valence-electron chi connectivity index (χ3n) is 3.88. The number of nitro benzene ring substituents is 1. The quantitative estimate of drug-likeness (QED) is 0.322. The maximum absolute atomic E-state index is 11.6. The van der Waals surface area contributed by atoms with Crippen molar-refractivity contribution in [3.05, 3.63) is 63.8 Å². The van der Waals surface area contributed by atoms with Crippen molar-refractivity contribution < 1.29 is 14.6 Å². The number of thiazole rings is 1. The predicted molar refractivity (Wildman–Crippen MR) is 115 cm³/mol. The van der Waals surface area contributed by atoms with Crippen molar-refractivity contribution in [2.24, 2.45) is 0 Å². The zero-order valence-corrected chi connectivity index (χ0v) is 17.5. The molecule has 0 saturated heterocycles. The first-order valence-electron chi connectivity index (χ1n) is 9.07. The summed E-state index contributed by atoms with van der Waals surface area (Å²) in [5, 5.41) is 18.4. The van der Waals surface area contributed by atoms with Gasteiger partial charge in [0.25, 0.3) is 5.69 Å². The van der Waals surface area contributed by atoms with Crippen LogP contribution in [0, 0.1) is 10.1 Å². The summed E-state index contributed by atoms with van der Waals surface area (Å²) in [6.45, 7) is 5.55. The van der Waals surface area contributed by atoms with Crippen molar-refractivity contribution in [3.8, 4) is 10.6 Å². The Kier molecular flexibility index (Phi) is 6.38. The van der Waals surface area contributed by atoms with Gasteiger partial charge in [0, 0.05) is 41.5 Å². The summed E-state index contributed by atoms with van der Waals surface area (Å²) in [5.74, 6) is 0.621. The highest BCUT2D eigenvalue weighted by Gasteiger charge is 2.21. The van der Waals surface area contributed by atoms with Gasteiger partial charge in [-0.3, -0.25) is 24.7 Å². The number of anilines is 2. The molecule has 0 aliphatic rings. The summed E-state index contributed by atoms with van der Waals surface area (Å²) in [4.78, 5) is 36.5. The minimum Gasteiger partial charge on any atom is -0.365 e. The Balaban J connectivity index is 1.77. The van der Waals surface area contributed by atoms with Gasteiger partial charge >= 0.3 is 0 Å². The molecule has 0 atom stereocenters. The van der Waals surface area contributed by atoms with Crippen LogP contribution in [0.15, 0.2) is 48.1 Å². The van der Waals surface area contributed by atoms with Gasteiger partial charge in [0.05, 0.1) is 16.2 Å². The summed E-state index contributed by atoms with van der Waals surface area (Å²) < 4.78 is 0. The molecule has 3 aromatic rings. The Morgan fingerprint density at radius 3 is 2.63 bits per heavy atom. The number of pyridine rings is 1. The number of nitrogens with one attached hydrogen (secondary N) is 1. The molecule has 0 bridgehead atoms. The van der Waals surface area contributed by atoms with Gasteiger partial charge in [-0.1, -0.05) is 0 Å². The molecule has 1 N–H and O–H groups in total. The SMILES string of the molecule is CC(C)(C)ON(C=O)c1ccc(CNc2csc(-c3ccncc3)n2)c([N+](=O)[O-])c1. The van der Waals surface area contributed by atoms with Crippen LogP contribution in [0.2, 0.25) is 0 Å². The van der Waals surface area contributed by atoms with Crippen LogP contribution in [0.25, 0.3) is 10.6 Å². The number of hydroxylamine groups is 1. The van der Waals surface area contributed by atoms with Crippen LogP contribution in [0.4, 0.5) is 17.2 Å². The molecule has 2 aromatic heterocycles. The van der Waals surface area contributed by atoms with Gasteiger partial charge in [-0.25, -0.2) is 4.98 Å². The Bertz CT molecular complexity index is 1030. The highest BCUT2D eigenvalue weighted by Crippen LogP contribution is 2.29. The summed E-state index contributed by atoms with van der Waals surface area (Å²) in [6.07, 6.45) is 3.87. The minimum absolute atomic E-state index is 0.117. The second-order valence-corrected chi connectivity index (χ2v) is 8.19. The lowest BCUT2D eigenvalue weighted by Gasteiger charge is -2.26. The van der Waals surface area contributed by atoms with Gasteiger partial charge in [-0.2, -0.15) is 5.06 Å². The van der Waals surface area contributed by atoms with Crippen LogP contribution in [-0.2, 0) is 16.2 Å². The van der Waals surface area contributed by atoms with Crippen molar-refractivity contribution in [1.82, 2.24) is 9.97 Å². The number of carbonyl (C=O) groups excluding carboxylic acids is 1. The van der Waals surface area contributed by atoms with Crippen LogP contribution >= 0.6 is 11.3 Å². The maximum Gasteiger partial charge on any atom is 0.276 e. The van der Waals surface area contributed by atoms with E-state index in [1.54, 1.807) is 45.3 Å². The number of nitro groups is 1. The average molecular weight is 427 g/mol. The van der Waals surface area contributed by atoms with Crippen LogP contribution in [0.1, 0.15) is 26.3 Å². The fourth-order valence-corrected chi connectivity index (χ4v) is 3.39. The molecule has 0 unspecified atom stereocenters. The number of aromatic nitrogens is 2. The van der Waals surface area contributed by atoms with Crippen molar-refractivity contribution in [3.63, 3.8) is 0 Å². The number of amides is 1. The molecule has 0 saturated carbocycles. The van der Waals surface area contributed by atoms with E-state index in [1.807, 2.05) is 17.5 Å². The Labute approximate surface area is 177 Å². The van der Waals surface area contributed by atoms with Gasteiger partial charge in [0.1, 0.15) is 10.8 Å². The van der Waals surface area contributed by atoms with Crippen LogP contribution in [0.3, 0.4) is 0 Å². The topological polar surface area (TPSA) is 110 Å². The number of nitrogens with zero attached hydrogens (tertiary/aromatic N) is 4. The molecule has 3 rings (SSSR count). The second kappa shape index (κ2) is 8.97. The van der Waals surface area contributed by atoms with Crippen molar-refractivity contribution >= 4 is 34.9 Å². The largest absolute Gasteiger partial charge is 0.365 e. The van der Waals surface area contributed by atoms with Crippen LogP contribution in [0.5, 0.6) is 0 Å². The highest BCUT2D eigenvalue weighted by molar-refractivity contribution is 7.13. The Morgan fingerprint density at radius 1 is 1.27 bits per heavy atom. The van der Waals surface area contributed by atoms with Gasteiger partial charge < -0.3 is 5.32 Å². The van der Waals surface area contributed by atoms with E-state index < -0.39 is 10.5 Å². The Hall–Kier alpha value is -3.37. The zero-order chi connectivity index (χ0) is 21.7. The lowest BCUT2D eigenvalue weighted by molar-refractivity contribution is -0.385. The normalized spacial score (nSPS) is 11.2.